The highest BCUT2D eigenvalue weighted by molar-refractivity contribution is 8.00. The molecule has 3 nitrogen and oxygen atoms in total. The van der Waals surface area contributed by atoms with Crippen LogP contribution in [0.4, 0.5) is 0 Å². The van der Waals surface area contributed by atoms with Crippen LogP contribution in [0, 0.1) is 0 Å². The molecule has 1 atom stereocenters. The van der Waals surface area contributed by atoms with Gasteiger partial charge in [0.1, 0.15) is 5.69 Å². The third kappa shape index (κ3) is 2.88. The lowest BCUT2D eigenvalue weighted by molar-refractivity contribution is 0.0690. The summed E-state index contributed by atoms with van der Waals surface area (Å²) in [6, 6.07) is 3.35. The topological polar surface area (TPSA) is 50.2 Å². The van der Waals surface area contributed by atoms with Gasteiger partial charge in [0.05, 0.1) is 0 Å². The third-order valence-corrected chi connectivity index (χ3v) is 2.69. The van der Waals surface area contributed by atoms with Crippen LogP contribution in [0.3, 0.4) is 0 Å². The van der Waals surface area contributed by atoms with E-state index in [-0.39, 0.29) is 10.9 Å². The van der Waals surface area contributed by atoms with Gasteiger partial charge in [0, 0.05) is 16.3 Å². The predicted molar refractivity (Wildman–Crippen MR) is 56.7 cm³/mol. The van der Waals surface area contributed by atoms with Gasteiger partial charge < -0.3 is 5.11 Å². The number of thioether (sulfide) groups is 1. The largest absolute Gasteiger partial charge is 0.477 e. The van der Waals surface area contributed by atoms with Crippen LogP contribution in [0.15, 0.2) is 35.9 Å². The van der Waals surface area contributed by atoms with Crippen molar-refractivity contribution in [2.24, 2.45) is 0 Å². The molecule has 1 unspecified atom stereocenters. The minimum absolute atomic E-state index is 0.0752. The fourth-order valence-electron chi connectivity index (χ4n) is 0.864. The molecule has 0 amide bonds. The Hall–Kier alpha value is -1.29. The fraction of sp³-hybridized carbons (Fsp3) is 0.200. The molecule has 0 saturated carbocycles. The van der Waals surface area contributed by atoms with Crippen molar-refractivity contribution in [2.45, 2.75) is 17.1 Å². The highest BCUT2D eigenvalue weighted by Gasteiger charge is 2.06. The summed E-state index contributed by atoms with van der Waals surface area (Å²) >= 11 is 1.55. The molecule has 0 aliphatic heterocycles. The zero-order valence-corrected chi connectivity index (χ0v) is 8.62. The normalized spacial score (nSPS) is 12.1. The van der Waals surface area contributed by atoms with Gasteiger partial charge in [0.25, 0.3) is 0 Å². The highest BCUT2D eigenvalue weighted by Crippen LogP contribution is 2.23. The van der Waals surface area contributed by atoms with Crippen LogP contribution in [0.5, 0.6) is 0 Å². The second-order valence-electron chi connectivity index (χ2n) is 2.74. The molecule has 1 rings (SSSR count). The molecule has 0 saturated heterocycles. The summed E-state index contributed by atoms with van der Waals surface area (Å²) in [4.78, 5) is 15.2. The predicted octanol–water partition coefficient (Wildman–Crippen LogP) is 2.45. The zero-order valence-electron chi connectivity index (χ0n) is 7.80. The van der Waals surface area contributed by atoms with Crippen molar-refractivity contribution in [1.29, 1.82) is 0 Å². The lowest BCUT2D eigenvalue weighted by Gasteiger charge is -2.05. The molecule has 0 fully saturated rings. The van der Waals surface area contributed by atoms with E-state index in [0.29, 0.717) is 0 Å². The smallest absolute Gasteiger partial charge is 0.354 e. The monoisotopic (exact) mass is 209 g/mol. The van der Waals surface area contributed by atoms with Crippen molar-refractivity contribution in [3.05, 3.63) is 36.7 Å². The lowest BCUT2D eigenvalue weighted by Crippen LogP contribution is -2.00. The van der Waals surface area contributed by atoms with Crippen molar-refractivity contribution >= 4 is 17.7 Å². The van der Waals surface area contributed by atoms with E-state index in [4.69, 9.17) is 5.11 Å². The van der Waals surface area contributed by atoms with E-state index < -0.39 is 5.97 Å². The quantitative estimate of drug-likeness (QED) is 0.611. The van der Waals surface area contributed by atoms with Crippen molar-refractivity contribution in [3.63, 3.8) is 0 Å². The molecule has 74 valence electrons. The molecule has 1 N–H and O–H groups in total. The van der Waals surface area contributed by atoms with Crippen LogP contribution >= 0.6 is 11.8 Å². The van der Waals surface area contributed by atoms with Gasteiger partial charge in [-0.25, -0.2) is 9.78 Å². The van der Waals surface area contributed by atoms with Crippen LogP contribution < -0.4 is 0 Å². The number of nitrogens with zero attached hydrogens (tertiary/aromatic N) is 1. The molecular weight excluding hydrogens is 198 g/mol. The van der Waals surface area contributed by atoms with Gasteiger partial charge >= 0.3 is 5.97 Å². The van der Waals surface area contributed by atoms with E-state index in [9.17, 15) is 4.79 Å². The number of hydrogen-bond acceptors (Lipinski definition) is 3. The second kappa shape index (κ2) is 4.81. The van der Waals surface area contributed by atoms with Crippen LogP contribution in [-0.2, 0) is 0 Å². The molecule has 0 aliphatic rings. The van der Waals surface area contributed by atoms with E-state index in [0.717, 1.165) is 4.90 Å². The van der Waals surface area contributed by atoms with E-state index >= 15 is 0 Å². The first-order valence-corrected chi connectivity index (χ1v) is 5.00. The van der Waals surface area contributed by atoms with Crippen LogP contribution in [0.25, 0.3) is 0 Å². The molecule has 0 aliphatic carbocycles. The van der Waals surface area contributed by atoms with E-state index in [1.54, 1.807) is 23.9 Å². The Morgan fingerprint density at radius 3 is 3.07 bits per heavy atom. The summed E-state index contributed by atoms with van der Waals surface area (Å²) in [6.45, 7) is 5.66. The average molecular weight is 209 g/mol. The number of carbonyl (C=O) groups is 1. The number of carboxylic acids is 1. The summed E-state index contributed by atoms with van der Waals surface area (Å²) in [5, 5.41) is 8.97. The molecule has 1 heterocycles. The maximum absolute atomic E-state index is 10.6. The van der Waals surface area contributed by atoms with Gasteiger partial charge in [0.2, 0.25) is 0 Å². The highest BCUT2D eigenvalue weighted by atomic mass is 32.2. The van der Waals surface area contributed by atoms with Crippen molar-refractivity contribution < 1.29 is 9.90 Å². The molecule has 1 aromatic rings. The van der Waals surface area contributed by atoms with E-state index in [2.05, 4.69) is 11.6 Å². The Bertz CT molecular complexity index is 352. The van der Waals surface area contributed by atoms with Gasteiger partial charge in [-0.2, -0.15) is 0 Å². The van der Waals surface area contributed by atoms with Gasteiger partial charge in [-0.05, 0) is 19.1 Å². The molecule has 0 spiro atoms. The first kappa shape index (κ1) is 10.8. The molecule has 0 bridgehead atoms. The minimum atomic E-state index is -1.00. The van der Waals surface area contributed by atoms with Gasteiger partial charge in [-0.1, -0.05) is 6.08 Å². The maximum atomic E-state index is 10.6. The van der Waals surface area contributed by atoms with Gasteiger partial charge in [-0.3, -0.25) is 0 Å². The number of carboxylic acid groups (broad SMARTS) is 1. The van der Waals surface area contributed by atoms with E-state index in [1.807, 2.05) is 13.0 Å². The van der Waals surface area contributed by atoms with Crippen molar-refractivity contribution in [3.8, 4) is 0 Å². The Labute approximate surface area is 86.9 Å². The lowest BCUT2D eigenvalue weighted by atomic mass is 10.3. The standard InChI is InChI=1S/C10H11NO2S/c1-3-7(2)14-8-4-5-11-9(6-8)10(12)13/h3-7H,1H2,2H3,(H,12,13). The summed E-state index contributed by atoms with van der Waals surface area (Å²) in [7, 11) is 0. The number of aromatic carboxylic acids is 1. The fourth-order valence-corrected chi connectivity index (χ4v) is 1.71. The molecule has 0 radical (unpaired) electrons. The molecule has 4 heteroatoms. The number of aromatic nitrogens is 1. The maximum Gasteiger partial charge on any atom is 0.354 e. The van der Waals surface area contributed by atoms with Crippen molar-refractivity contribution in [1.82, 2.24) is 4.98 Å². The van der Waals surface area contributed by atoms with Crippen LogP contribution in [-0.4, -0.2) is 21.3 Å². The minimum Gasteiger partial charge on any atom is -0.477 e. The molecule has 0 aromatic carbocycles. The van der Waals surface area contributed by atoms with Gasteiger partial charge in [-0.15, -0.1) is 18.3 Å². The van der Waals surface area contributed by atoms with Crippen LogP contribution in [0.1, 0.15) is 17.4 Å². The summed E-state index contributed by atoms with van der Waals surface area (Å²) in [5.74, 6) is -1.00. The van der Waals surface area contributed by atoms with E-state index in [1.165, 1.54) is 6.20 Å². The second-order valence-corrected chi connectivity index (χ2v) is 4.19. The molecule has 1 aromatic heterocycles. The third-order valence-electron chi connectivity index (χ3n) is 1.60. The zero-order chi connectivity index (χ0) is 10.6. The molecular formula is C10H11NO2S. The summed E-state index contributed by atoms with van der Waals surface area (Å²) in [6.07, 6.45) is 3.31. The Kier molecular flexibility index (Phi) is 3.71. The van der Waals surface area contributed by atoms with Gasteiger partial charge in [0.15, 0.2) is 0 Å². The Morgan fingerprint density at radius 1 is 1.79 bits per heavy atom. The average Bonchev–Trinajstić information content (AvgIpc) is 2.18. The summed E-state index contributed by atoms with van der Waals surface area (Å²) in [5.41, 5.74) is 0.0752. The summed E-state index contributed by atoms with van der Waals surface area (Å²) < 4.78 is 0. The first-order valence-electron chi connectivity index (χ1n) is 4.12. The van der Waals surface area contributed by atoms with Crippen LogP contribution in [0.2, 0.25) is 0 Å². The number of hydrogen-bond donors (Lipinski definition) is 1. The molecule has 14 heavy (non-hydrogen) atoms. The SMILES string of the molecule is C=CC(C)Sc1ccnc(C(=O)O)c1. The number of rotatable bonds is 4. The number of pyridine rings is 1. The first-order chi connectivity index (χ1) is 6.63. The van der Waals surface area contributed by atoms with Crippen molar-refractivity contribution in [2.75, 3.05) is 0 Å². The Balaban J connectivity index is 2.83. The Morgan fingerprint density at radius 2 is 2.50 bits per heavy atom.